The SMILES string of the molecule is C[C@@H](CO)n1cc(C(=O)c2cncc(NC(=O)Cc3ccc(C(F)(F)F)cc3)c2)c2cncnc21. The molecule has 0 saturated heterocycles. The van der Waals surface area contributed by atoms with Gasteiger partial charge in [0, 0.05) is 29.5 Å². The number of carbonyl (C=O) groups is 2. The number of aromatic nitrogens is 4. The maximum atomic E-state index is 13.3. The van der Waals surface area contributed by atoms with Gasteiger partial charge in [0.15, 0.2) is 5.78 Å². The normalized spacial score (nSPS) is 12.5. The standard InChI is InChI=1S/C24H20F3N5O3/c1-14(12-33)32-11-20(19-10-29-13-30-23(19)32)22(35)16-7-18(9-28-8-16)31-21(34)6-15-2-4-17(5-3-15)24(25,26)27/h2-5,7-11,13-14,33H,6,12H2,1H3,(H,31,34)/t14-/m0/s1. The van der Waals surface area contributed by atoms with Gasteiger partial charge in [0.2, 0.25) is 5.91 Å². The number of hydrogen-bond acceptors (Lipinski definition) is 6. The zero-order chi connectivity index (χ0) is 25.2. The molecule has 11 heteroatoms. The molecule has 0 radical (unpaired) electrons. The van der Waals surface area contributed by atoms with E-state index in [1.165, 1.54) is 43.1 Å². The Hall–Kier alpha value is -4.12. The Labute approximate surface area is 197 Å². The minimum Gasteiger partial charge on any atom is -0.394 e. The molecule has 8 nitrogen and oxygen atoms in total. The molecule has 1 atom stereocenters. The van der Waals surface area contributed by atoms with Crippen LogP contribution in [0.15, 0.2) is 61.4 Å². The van der Waals surface area contributed by atoms with E-state index in [1.807, 2.05) is 0 Å². The van der Waals surface area contributed by atoms with E-state index in [0.29, 0.717) is 22.2 Å². The molecule has 0 aliphatic heterocycles. The van der Waals surface area contributed by atoms with Gasteiger partial charge in [0.05, 0.1) is 42.1 Å². The van der Waals surface area contributed by atoms with Crippen LogP contribution in [0.1, 0.15) is 40.0 Å². The molecule has 0 spiro atoms. The third-order valence-corrected chi connectivity index (χ3v) is 5.41. The minimum atomic E-state index is -4.45. The van der Waals surface area contributed by atoms with Crippen LogP contribution in [-0.4, -0.2) is 42.9 Å². The number of halogens is 3. The predicted octanol–water partition coefficient (Wildman–Crippen LogP) is 3.81. The van der Waals surface area contributed by atoms with Crippen LogP contribution in [0, 0.1) is 0 Å². The van der Waals surface area contributed by atoms with Gasteiger partial charge in [-0.2, -0.15) is 13.2 Å². The molecular formula is C24H20F3N5O3. The third-order valence-electron chi connectivity index (χ3n) is 5.41. The van der Waals surface area contributed by atoms with Crippen LogP contribution in [-0.2, 0) is 17.4 Å². The Bertz CT molecular complexity index is 1380. The summed E-state index contributed by atoms with van der Waals surface area (Å²) in [7, 11) is 0. The van der Waals surface area contributed by atoms with E-state index in [4.69, 9.17) is 0 Å². The molecule has 0 saturated carbocycles. The Kier molecular flexibility index (Phi) is 6.61. The number of aliphatic hydroxyl groups excluding tert-OH is 1. The van der Waals surface area contributed by atoms with Gasteiger partial charge in [0.1, 0.15) is 12.0 Å². The predicted molar refractivity (Wildman–Crippen MR) is 121 cm³/mol. The minimum absolute atomic E-state index is 0.149. The molecule has 0 unspecified atom stereocenters. The van der Waals surface area contributed by atoms with Gasteiger partial charge in [-0.15, -0.1) is 0 Å². The van der Waals surface area contributed by atoms with Crippen molar-refractivity contribution in [3.05, 3.63) is 83.7 Å². The van der Waals surface area contributed by atoms with Gasteiger partial charge in [-0.1, -0.05) is 12.1 Å². The molecule has 3 aromatic heterocycles. The first-order chi connectivity index (χ1) is 16.7. The number of benzene rings is 1. The largest absolute Gasteiger partial charge is 0.416 e. The molecule has 1 aromatic carbocycles. The highest BCUT2D eigenvalue weighted by Gasteiger charge is 2.30. The maximum absolute atomic E-state index is 13.3. The molecule has 35 heavy (non-hydrogen) atoms. The molecule has 0 aliphatic rings. The van der Waals surface area contributed by atoms with Crippen LogP contribution in [0.4, 0.5) is 18.9 Å². The zero-order valence-electron chi connectivity index (χ0n) is 18.5. The van der Waals surface area contributed by atoms with Crippen molar-refractivity contribution in [1.82, 2.24) is 19.5 Å². The Morgan fingerprint density at radius 2 is 1.86 bits per heavy atom. The highest BCUT2D eigenvalue weighted by atomic mass is 19.4. The van der Waals surface area contributed by atoms with E-state index in [2.05, 4.69) is 20.3 Å². The average Bonchev–Trinajstić information content (AvgIpc) is 3.22. The van der Waals surface area contributed by atoms with Crippen molar-refractivity contribution in [3.8, 4) is 0 Å². The molecule has 2 N–H and O–H groups in total. The smallest absolute Gasteiger partial charge is 0.394 e. The fourth-order valence-corrected chi connectivity index (χ4v) is 3.58. The number of rotatable bonds is 7. The van der Waals surface area contributed by atoms with E-state index in [9.17, 15) is 27.9 Å². The molecule has 180 valence electrons. The molecule has 0 fully saturated rings. The van der Waals surface area contributed by atoms with Crippen molar-refractivity contribution in [2.75, 3.05) is 11.9 Å². The van der Waals surface area contributed by atoms with Crippen molar-refractivity contribution in [1.29, 1.82) is 0 Å². The molecule has 4 aromatic rings. The number of alkyl halides is 3. The maximum Gasteiger partial charge on any atom is 0.416 e. The zero-order valence-corrected chi connectivity index (χ0v) is 18.5. The summed E-state index contributed by atoms with van der Waals surface area (Å²) < 4.78 is 39.8. The van der Waals surface area contributed by atoms with Crippen LogP contribution in [0.2, 0.25) is 0 Å². The lowest BCUT2D eigenvalue weighted by Crippen LogP contribution is -2.15. The summed E-state index contributed by atoms with van der Waals surface area (Å²) in [5.74, 6) is -0.849. The van der Waals surface area contributed by atoms with Gasteiger partial charge in [-0.3, -0.25) is 14.6 Å². The van der Waals surface area contributed by atoms with Crippen LogP contribution < -0.4 is 5.32 Å². The summed E-state index contributed by atoms with van der Waals surface area (Å²) in [5, 5.41) is 12.7. The number of amides is 1. The van der Waals surface area contributed by atoms with Gasteiger partial charge in [-0.05, 0) is 30.7 Å². The lowest BCUT2D eigenvalue weighted by molar-refractivity contribution is -0.137. The highest BCUT2D eigenvalue weighted by Crippen LogP contribution is 2.29. The van der Waals surface area contributed by atoms with E-state index in [0.717, 1.165) is 12.1 Å². The quantitative estimate of drug-likeness (QED) is 0.387. The lowest BCUT2D eigenvalue weighted by atomic mass is 10.1. The van der Waals surface area contributed by atoms with Crippen molar-refractivity contribution in [3.63, 3.8) is 0 Å². The van der Waals surface area contributed by atoms with E-state index in [1.54, 1.807) is 17.7 Å². The lowest BCUT2D eigenvalue weighted by Gasteiger charge is -2.10. The molecule has 1 amide bonds. The second-order valence-corrected chi connectivity index (χ2v) is 7.95. The first-order valence-electron chi connectivity index (χ1n) is 10.5. The fourth-order valence-electron chi connectivity index (χ4n) is 3.58. The molecule has 4 rings (SSSR count). The average molecular weight is 483 g/mol. The molecule has 0 bridgehead atoms. The van der Waals surface area contributed by atoms with Crippen LogP contribution >= 0.6 is 0 Å². The Balaban J connectivity index is 1.52. The Morgan fingerprint density at radius 3 is 2.54 bits per heavy atom. The topological polar surface area (TPSA) is 110 Å². The van der Waals surface area contributed by atoms with Crippen LogP contribution in [0.3, 0.4) is 0 Å². The number of fused-ring (bicyclic) bond motifs is 1. The number of nitrogens with zero attached hydrogens (tertiary/aromatic N) is 4. The van der Waals surface area contributed by atoms with Crippen LogP contribution in [0.5, 0.6) is 0 Å². The molecular weight excluding hydrogens is 463 g/mol. The number of aliphatic hydroxyl groups is 1. The van der Waals surface area contributed by atoms with Gasteiger partial charge >= 0.3 is 6.18 Å². The van der Waals surface area contributed by atoms with Crippen molar-refractivity contribution in [2.24, 2.45) is 0 Å². The monoisotopic (exact) mass is 483 g/mol. The van der Waals surface area contributed by atoms with Crippen molar-refractivity contribution < 1.29 is 27.9 Å². The number of ketones is 1. The number of nitrogens with one attached hydrogen (secondary N) is 1. The summed E-state index contributed by atoms with van der Waals surface area (Å²) in [5.41, 5.74) is 0.891. The molecule has 3 heterocycles. The molecule has 0 aliphatic carbocycles. The van der Waals surface area contributed by atoms with Gasteiger partial charge in [0.25, 0.3) is 0 Å². The van der Waals surface area contributed by atoms with E-state index < -0.39 is 17.6 Å². The number of pyridine rings is 1. The summed E-state index contributed by atoms with van der Waals surface area (Å²) in [6.07, 6.45) is 2.58. The Morgan fingerprint density at radius 1 is 1.11 bits per heavy atom. The fraction of sp³-hybridized carbons (Fsp3) is 0.208. The summed E-state index contributed by atoms with van der Waals surface area (Å²) >= 11 is 0. The number of hydrogen-bond donors (Lipinski definition) is 2. The second kappa shape index (κ2) is 9.63. The summed E-state index contributed by atoms with van der Waals surface area (Å²) in [6.45, 7) is 1.63. The number of carbonyl (C=O) groups excluding carboxylic acids is 2. The van der Waals surface area contributed by atoms with Gasteiger partial charge < -0.3 is 15.0 Å². The van der Waals surface area contributed by atoms with Crippen LogP contribution in [0.25, 0.3) is 11.0 Å². The van der Waals surface area contributed by atoms with Gasteiger partial charge in [-0.25, -0.2) is 9.97 Å². The van der Waals surface area contributed by atoms with Crippen molar-refractivity contribution >= 4 is 28.4 Å². The number of anilines is 1. The first kappa shape index (κ1) is 24.0. The van der Waals surface area contributed by atoms with E-state index >= 15 is 0 Å². The first-order valence-corrected chi connectivity index (χ1v) is 10.5. The highest BCUT2D eigenvalue weighted by molar-refractivity contribution is 6.16. The van der Waals surface area contributed by atoms with Crippen molar-refractivity contribution in [2.45, 2.75) is 25.6 Å². The second-order valence-electron chi connectivity index (χ2n) is 7.95. The third kappa shape index (κ3) is 5.19. The summed E-state index contributed by atoms with van der Waals surface area (Å²) in [6, 6.07) is 5.46. The van der Waals surface area contributed by atoms with E-state index in [-0.39, 0.29) is 36.1 Å². The summed E-state index contributed by atoms with van der Waals surface area (Å²) in [4.78, 5) is 37.9.